The summed E-state index contributed by atoms with van der Waals surface area (Å²) in [7, 11) is 1.70. The normalized spacial score (nSPS) is 13.1. The predicted molar refractivity (Wildman–Crippen MR) is 89.4 cm³/mol. The highest BCUT2D eigenvalue weighted by Crippen LogP contribution is 2.34. The van der Waals surface area contributed by atoms with E-state index in [-0.39, 0.29) is 5.41 Å². The van der Waals surface area contributed by atoms with Crippen molar-refractivity contribution in [2.45, 2.75) is 46.0 Å². The van der Waals surface area contributed by atoms with E-state index in [4.69, 9.17) is 9.47 Å². The van der Waals surface area contributed by atoms with Gasteiger partial charge in [-0.1, -0.05) is 27.7 Å². The minimum atomic E-state index is 0.0422. The average molecular weight is 296 g/mol. The first-order chi connectivity index (χ1) is 9.38. The smallest absolute Gasteiger partial charge is 0.123 e. The molecule has 0 heterocycles. The second-order valence-corrected chi connectivity index (χ2v) is 6.81. The molecule has 1 rings (SSSR count). The fourth-order valence-electron chi connectivity index (χ4n) is 2.08. The van der Waals surface area contributed by atoms with E-state index < -0.39 is 0 Å². The number of ether oxygens (including phenoxy) is 2. The highest BCUT2D eigenvalue weighted by atomic mass is 32.1. The van der Waals surface area contributed by atoms with Gasteiger partial charge in [0.2, 0.25) is 0 Å². The van der Waals surface area contributed by atoms with Crippen LogP contribution in [0.4, 0.5) is 0 Å². The fraction of sp³-hybridized carbons (Fsp3) is 0.647. The van der Waals surface area contributed by atoms with Gasteiger partial charge in [0.1, 0.15) is 11.5 Å². The van der Waals surface area contributed by atoms with Gasteiger partial charge < -0.3 is 9.47 Å². The van der Waals surface area contributed by atoms with Crippen molar-refractivity contribution in [3.63, 3.8) is 0 Å². The van der Waals surface area contributed by atoms with Crippen molar-refractivity contribution in [3.8, 4) is 11.5 Å². The monoisotopic (exact) mass is 296 g/mol. The van der Waals surface area contributed by atoms with E-state index in [1.165, 1.54) is 5.56 Å². The molecule has 0 saturated heterocycles. The Balaban J connectivity index is 2.74. The molecular weight excluding hydrogens is 268 g/mol. The van der Waals surface area contributed by atoms with E-state index in [2.05, 4.69) is 46.4 Å². The summed E-state index contributed by atoms with van der Waals surface area (Å²) in [6.45, 7) is 9.58. The summed E-state index contributed by atoms with van der Waals surface area (Å²) in [6.07, 6.45) is 2.21. The third-order valence-electron chi connectivity index (χ3n) is 3.48. The molecule has 20 heavy (non-hydrogen) atoms. The van der Waals surface area contributed by atoms with Crippen molar-refractivity contribution < 1.29 is 9.47 Å². The maximum atomic E-state index is 6.00. The topological polar surface area (TPSA) is 18.5 Å². The van der Waals surface area contributed by atoms with Crippen molar-refractivity contribution in [1.82, 2.24) is 0 Å². The zero-order chi connectivity index (χ0) is 15.2. The Labute approximate surface area is 129 Å². The molecule has 1 unspecified atom stereocenters. The van der Waals surface area contributed by atoms with Crippen LogP contribution in [0.5, 0.6) is 11.5 Å². The Kier molecular flexibility index (Phi) is 6.74. The Morgan fingerprint density at radius 2 is 1.90 bits per heavy atom. The Morgan fingerprint density at radius 1 is 1.20 bits per heavy atom. The van der Waals surface area contributed by atoms with Crippen LogP contribution in [0.15, 0.2) is 18.2 Å². The van der Waals surface area contributed by atoms with Gasteiger partial charge in [-0.2, -0.15) is 12.6 Å². The third-order valence-corrected chi connectivity index (χ3v) is 3.74. The van der Waals surface area contributed by atoms with Gasteiger partial charge in [-0.25, -0.2) is 0 Å². The van der Waals surface area contributed by atoms with Gasteiger partial charge in [0, 0.05) is 5.56 Å². The van der Waals surface area contributed by atoms with Gasteiger partial charge in [0.05, 0.1) is 13.7 Å². The molecule has 1 aromatic carbocycles. The molecule has 0 N–H and O–H groups in total. The number of thiol groups is 1. The lowest BCUT2D eigenvalue weighted by Crippen LogP contribution is -2.14. The van der Waals surface area contributed by atoms with E-state index in [1.54, 1.807) is 7.11 Å². The number of benzene rings is 1. The van der Waals surface area contributed by atoms with Crippen LogP contribution in [0.25, 0.3) is 0 Å². The fourth-order valence-corrected chi connectivity index (χ4v) is 2.52. The number of rotatable bonds is 7. The molecule has 0 saturated carbocycles. The summed E-state index contributed by atoms with van der Waals surface area (Å²) >= 11 is 4.27. The first-order valence-corrected chi connectivity index (χ1v) is 7.94. The van der Waals surface area contributed by atoms with Crippen LogP contribution in [0.3, 0.4) is 0 Å². The lowest BCUT2D eigenvalue weighted by molar-refractivity contribution is 0.275. The third kappa shape index (κ3) is 5.28. The molecule has 2 nitrogen and oxygen atoms in total. The molecule has 0 aromatic heterocycles. The molecule has 0 radical (unpaired) electrons. The molecule has 114 valence electrons. The molecule has 0 aliphatic heterocycles. The lowest BCUT2D eigenvalue weighted by Gasteiger charge is -2.24. The van der Waals surface area contributed by atoms with Crippen molar-refractivity contribution in [2.24, 2.45) is 5.92 Å². The van der Waals surface area contributed by atoms with Gasteiger partial charge in [-0.3, -0.25) is 0 Å². The standard InChI is InChI=1S/C17H28O2S/c1-13(9-11-20)8-10-19-16-7-6-14(18-5)12-15(16)17(2,3)4/h6-7,12-13,20H,8-11H2,1-5H3. The Bertz CT molecular complexity index is 410. The molecule has 0 fully saturated rings. The molecule has 0 spiro atoms. The van der Waals surface area contributed by atoms with Gasteiger partial charge >= 0.3 is 0 Å². The quantitative estimate of drug-likeness (QED) is 0.734. The maximum Gasteiger partial charge on any atom is 0.123 e. The summed E-state index contributed by atoms with van der Waals surface area (Å²) in [5.74, 6) is 3.45. The van der Waals surface area contributed by atoms with Crippen LogP contribution in [0.1, 0.15) is 46.1 Å². The summed E-state index contributed by atoms with van der Waals surface area (Å²) in [5.41, 5.74) is 1.24. The zero-order valence-corrected chi connectivity index (χ0v) is 14.3. The molecule has 1 atom stereocenters. The average Bonchev–Trinajstić information content (AvgIpc) is 2.38. The van der Waals surface area contributed by atoms with Gasteiger partial charge in [-0.05, 0) is 48.1 Å². The maximum absolute atomic E-state index is 6.00. The van der Waals surface area contributed by atoms with E-state index in [0.717, 1.165) is 36.7 Å². The second-order valence-electron chi connectivity index (χ2n) is 6.37. The summed E-state index contributed by atoms with van der Waals surface area (Å²) in [5, 5.41) is 0. The second kappa shape index (κ2) is 7.82. The minimum absolute atomic E-state index is 0.0422. The Hall–Kier alpha value is -0.830. The van der Waals surface area contributed by atoms with Crippen molar-refractivity contribution in [2.75, 3.05) is 19.5 Å². The van der Waals surface area contributed by atoms with Crippen LogP contribution in [0, 0.1) is 5.92 Å². The molecule has 1 aromatic rings. The zero-order valence-electron chi connectivity index (χ0n) is 13.4. The molecule has 0 bridgehead atoms. The SMILES string of the molecule is COc1ccc(OCCC(C)CCS)c(C(C)(C)C)c1. The van der Waals surface area contributed by atoms with Gasteiger partial charge in [-0.15, -0.1) is 0 Å². The van der Waals surface area contributed by atoms with Crippen molar-refractivity contribution >= 4 is 12.6 Å². The summed E-state index contributed by atoms with van der Waals surface area (Å²) < 4.78 is 11.3. The van der Waals surface area contributed by atoms with Gasteiger partial charge in [0.15, 0.2) is 0 Å². The number of hydrogen-bond donors (Lipinski definition) is 1. The van der Waals surface area contributed by atoms with E-state index >= 15 is 0 Å². The van der Waals surface area contributed by atoms with Crippen LogP contribution in [0.2, 0.25) is 0 Å². The van der Waals surface area contributed by atoms with E-state index in [1.807, 2.05) is 12.1 Å². The highest BCUT2D eigenvalue weighted by molar-refractivity contribution is 7.80. The van der Waals surface area contributed by atoms with Crippen molar-refractivity contribution in [1.29, 1.82) is 0 Å². The summed E-state index contributed by atoms with van der Waals surface area (Å²) in [4.78, 5) is 0. The molecule has 0 amide bonds. The lowest BCUT2D eigenvalue weighted by atomic mass is 9.86. The largest absolute Gasteiger partial charge is 0.497 e. The Morgan fingerprint density at radius 3 is 2.45 bits per heavy atom. The number of hydrogen-bond acceptors (Lipinski definition) is 3. The first-order valence-electron chi connectivity index (χ1n) is 7.30. The van der Waals surface area contributed by atoms with Gasteiger partial charge in [0.25, 0.3) is 0 Å². The van der Waals surface area contributed by atoms with Crippen LogP contribution in [-0.4, -0.2) is 19.5 Å². The van der Waals surface area contributed by atoms with Crippen molar-refractivity contribution in [3.05, 3.63) is 23.8 Å². The number of methoxy groups -OCH3 is 1. The van der Waals surface area contributed by atoms with Crippen LogP contribution >= 0.6 is 12.6 Å². The van der Waals surface area contributed by atoms with Crippen LogP contribution in [-0.2, 0) is 5.41 Å². The highest BCUT2D eigenvalue weighted by Gasteiger charge is 2.20. The predicted octanol–water partition coefficient (Wildman–Crippen LogP) is 4.72. The first kappa shape index (κ1) is 17.2. The van der Waals surface area contributed by atoms with E-state index in [9.17, 15) is 0 Å². The molecule has 0 aliphatic carbocycles. The molecular formula is C17H28O2S. The van der Waals surface area contributed by atoms with E-state index in [0.29, 0.717) is 5.92 Å². The van der Waals surface area contributed by atoms with Crippen LogP contribution < -0.4 is 9.47 Å². The molecule has 0 aliphatic rings. The minimum Gasteiger partial charge on any atom is -0.497 e. The summed E-state index contributed by atoms with van der Waals surface area (Å²) in [6, 6.07) is 6.05. The molecule has 3 heteroatoms.